The van der Waals surface area contributed by atoms with Crippen LogP contribution in [0.1, 0.15) is 43.2 Å². The SMILES string of the molecule is C=C(CCCC1CCN(C(=C)[C@H](Cc2cccc(C(=N)N)c2)NS(=O)(=O)c2cccc(-c3cccc(Cl)c3Cl)c2)CC1)NC. The molecule has 44 heavy (non-hydrogen) atoms. The first kappa shape index (κ1) is 33.6. The van der Waals surface area contributed by atoms with Gasteiger partial charge in [-0.3, -0.25) is 5.41 Å². The van der Waals surface area contributed by atoms with E-state index in [0.717, 1.165) is 62.2 Å². The van der Waals surface area contributed by atoms with Crippen LogP contribution in [0.25, 0.3) is 11.1 Å². The zero-order chi connectivity index (χ0) is 31.9. The summed E-state index contributed by atoms with van der Waals surface area (Å²) in [5.41, 5.74) is 10.3. The molecule has 3 aromatic carbocycles. The molecule has 1 heterocycles. The van der Waals surface area contributed by atoms with Crippen molar-refractivity contribution in [2.75, 3.05) is 20.1 Å². The van der Waals surface area contributed by atoms with Gasteiger partial charge in [0.1, 0.15) is 5.84 Å². The van der Waals surface area contributed by atoms with Crippen LogP contribution >= 0.6 is 23.2 Å². The molecule has 3 aromatic rings. The van der Waals surface area contributed by atoms with E-state index in [9.17, 15) is 8.42 Å². The average molecular weight is 655 g/mol. The summed E-state index contributed by atoms with van der Waals surface area (Å²) in [7, 11) is -2.07. The quantitative estimate of drug-likeness (QED) is 0.111. The molecule has 0 amide bonds. The monoisotopic (exact) mass is 653 g/mol. The summed E-state index contributed by atoms with van der Waals surface area (Å²) in [4.78, 5) is 2.32. The Hall–Kier alpha value is -3.30. The number of nitrogen functional groups attached to an aromatic ring is 1. The fourth-order valence-corrected chi connectivity index (χ4v) is 7.28. The number of allylic oxidation sites excluding steroid dienone is 1. The maximum atomic E-state index is 13.9. The van der Waals surface area contributed by atoms with Crippen molar-refractivity contribution in [3.8, 4) is 11.1 Å². The lowest BCUT2D eigenvalue weighted by Crippen LogP contribution is -2.45. The topological polar surface area (TPSA) is 111 Å². The van der Waals surface area contributed by atoms with E-state index in [0.29, 0.717) is 39.1 Å². The van der Waals surface area contributed by atoms with E-state index in [1.54, 1.807) is 48.5 Å². The third-order valence-electron chi connectivity index (χ3n) is 8.25. The van der Waals surface area contributed by atoms with Gasteiger partial charge in [0.25, 0.3) is 0 Å². The number of halogens is 2. The van der Waals surface area contributed by atoms with Gasteiger partial charge in [0.15, 0.2) is 0 Å². The molecule has 0 spiro atoms. The number of rotatable bonds is 14. The van der Waals surface area contributed by atoms with Gasteiger partial charge in [0.2, 0.25) is 10.0 Å². The van der Waals surface area contributed by atoms with Gasteiger partial charge in [-0.05, 0) is 79.8 Å². The van der Waals surface area contributed by atoms with Gasteiger partial charge in [-0.15, -0.1) is 0 Å². The molecule has 4 rings (SSSR count). The third kappa shape index (κ3) is 8.66. The van der Waals surface area contributed by atoms with Crippen molar-refractivity contribution < 1.29 is 8.42 Å². The van der Waals surface area contributed by atoms with Gasteiger partial charge in [-0.1, -0.05) is 78.8 Å². The number of nitrogens with two attached hydrogens (primary N) is 1. The molecule has 0 aromatic heterocycles. The number of hydrogen-bond donors (Lipinski definition) is 4. The Morgan fingerprint density at radius 1 is 1.07 bits per heavy atom. The van der Waals surface area contributed by atoms with Crippen LogP contribution in [0.15, 0.2) is 96.2 Å². The molecular formula is C34H41Cl2N5O2S. The molecule has 5 N–H and O–H groups in total. The molecule has 0 bridgehead atoms. The first-order valence-corrected chi connectivity index (χ1v) is 17.0. The highest BCUT2D eigenvalue weighted by Gasteiger charge is 2.28. The average Bonchev–Trinajstić information content (AvgIpc) is 3.02. The molecule has 1 aliphatic rings. The lowest BCUT2D eigenvalue weighted by molar-refractivity contribution is 0.206. The van der Waals surface area contributed by atoms with Crippen molar-refractivity contribution >= 4 is 39.1 Å². The Morgan fingerprint density at radius 2 is 1.77 bits per heavy atom. The Bertz CT molecular complexity index is 1620. The lowest BCUT2D eigenvalue weighted by atomic mass is 9.90. The standard InChI is InChI=1S/C34H41Cl2N5O2S/c1-23(39-3)8-4-9-25-16-18-41(19-17-25)24(2)32(21-26-10-5-12-28(20-26)34(37)38)40-44(42,43)29-13-6-11-27(22-29)30-14-7-15-31(35)33(30)36/h5-7,10-15,20,22,25,32,39-40H,1-2,4,8-9,16-19,21H2,3H3,(H3,37,38)/t32-/m0/s1. The molecular weight excluding hydrogens is 613 g/mol. The summed E-state index contributed by atoms with van der Waals surface area (Å²) < 4.78 is 30.7. The van der Waals surface area contributed by atoms with E-state index in [1.807, 2.05) is 25.2 Å². The minimum atomic E-state index is -3.97. The van der Waals surface area contributed by atoms with Crippen LogP contribution in [-0.2, 0) is 16.4 Å². The Balaban J connectivity index is 1.55. The first-order chi connectivity index (χ1) is 21.0. The van der Waals surface area contributed by atoms with Gasteiger partial charge in [-0.2, -0.15) is 0 Å². The van der Waals surface area contributed by atoms with E-state index >= 15 is 0 Å². The van der Waals surface area contributed by atoms with E-state index in [1.165, 1.54) is 0 Å². The van der Waals surface area contributed by atoms with E-state index in [2.05, 4.69) is 28.1 Å². The number of nitrogens with one attached hydrogen (secondary N) is 3. The molecule has 0 aliphatic carbocycles. The molecule has 1 atom stereocenters. The lowest BCUT2D eigenvalue weighted by Gasteiger charge is -2.38. The van der Waals surface area contributed by atoms with Gasteiger partial charge >= 0.3 is 0 Å². The van der Waals surface area contributed by atoms with Crippen molar-refractivity contribution in [1.82, 2.24) is 14.9 Å². The van der Waals surface area contributed by atoms with Gasteiger partial charge in [0, 0.05) is 42.7 Å². The number of nitrogens with zero attached hydrogens (tertiary/aromatic N) is 1. The number of sulfonamides is 1. The molecule has 7 nitrogen and oxygen atoms in total. The Labute approximate surface area is 271 Å². The molecule has 1 aliphatic heterocycles. The maximum absolute atomic E-state index is 13.9. The highest BCUT2D eigenvalue weighted by atomic mass is 35.5. The molecule has 10 heteroatoms. The zero-order valence-electron chi connectivity index (χ0n) is 25.1. The molecule has 234 valence electrons. The summed E-state index contributed by atoms with van der Waals surface area (Å²) in [5.74, 6) is 0.576. The fourth-order valence-electron chi connectivity index (χ4n) is 5.60. The summed E-state index contributed by atoms with van der Waals surface area (Å²) >= 11 is 12.7. The van der Waals surface area contributed by atoms with Gasteiger partial charge < -0.3 is 16.0 Å². The van der Waals surface area contributed by atoms with E-state index < -0.39 is 16.1 Å². The van der Waals surface area contributed by atoms with Crippen LogP contribution < -0.4 is 15.8 Å². The highest BCUT2D eigenvalue weighted by Crippen LogP contribution is 2.34. The fraction of sp³-hybridized carbons (Fsp3) is 0.324. The first-order valence-electron chi connectivity index (χ1n) is 14.8. The summed E-state index contributed by atoms with van der Waals surface area (Å²) in [5, 5.41) is 11.7. The van der Waals surface area contributed by atoms with Gasteiger partial charge in [0.05, 0.1) is 21.0 Å². The van der Waals surface area contributed by atoms with Crippen molar-refractivity contribution in [3.63, 3.8) is 0 Å². The Kier molecular flexibility index (Phi) is 11.5. The second kappa shape index (κ2) is 15.1. The Morgan fingerprint density at radius 3 is 2.48 bits per heavy atom. The molecule has 0 radical (unpaired) electrons. The predicted molar refractivity (Wildman–Crippen MR) is 183 cm³/mol. The predicted octanol–water partition coefficient (Wildman–Crippen LogP) is 6.96. The molecule has 1 fully saturated rings. The minimum absolute atomic E-state index is 0.0420. The smallest absolute Gasteiger partial charge is 0.241 e. The van der Waals surface area contributed by atoms with E-state index in [-0.39, 0.29) is 10.7 Å². The molecule has 0 unspecified atom stereocenters. The number of amidine groups is 1. The number of likely N-dealkylation sites (tertiary alicyclic amines) is 1. The summed E-state index contributed by atoms with van der Waals surface area (Å²) in [6.45, 7) is 10.0. The van der Waals surface area contributed by atoms with Crippen molar-refractivity contribution in [3.05, 3.63) is 112 Å². The van der Waals surface area contributed by atoms with Crippen molar-refractivity contribution in [2.45, 2.75) is 49.5 Å². The zero-order valence-corrected chi connectivity index (χ0v) is 27.4. The number of hydrogen-bond acceptors (Lipinski definition) is 5. The second-order valence-corrected chi connectivity index (χ2v) is 13.8. The molecule has 1 saturated heterocycles. The van der Waals surface area contributed by atoms with Crippen molar-refractivity contribution in [2.24, 2.45) is 11.7 Å². The van der Waals surface area contributed by atoms with Crippen LogP contribution in [-0.4, -0.2) is 45.3 Å². The number of benzene rings is 3. The molecule has 0 saturated carbocycles. The van der Waals surface area contributed by atoms with Crippen LogP contribution in [0.4, 0.5) is 0 Å². The highest BCUT2D eigenvalue weighted by molar-refractivity contribution is 7.89. The minimum Gasteiger partial charge on any atom is -0.392 e. The van der Waals surface area contributed by atoms with Crippen LogP contribution in [0.3, 0.4) is 0 Å². The normalized spacial score (nSPS) is 14.7. The van der Waals surface area contributed by atoms with Crippen molar-refractivity contribution in [1.29, 1.82) is 5.41 Å². The van der Waals surface area contributed by atoms with Crippen LogP contribution in [0.2, 0.25) is 10.0 Å². The maximum Gasteiger partial charge on any atom is 0.241 e. The van der Waals surface area contributed by atoms with Gasteiger partial charge in [-0.25, -0.2) is 13.1 Å². The van der Waals surface area contributed by atoms with E-state index in [4.69, 9.17) is 34.3 Å². The largest absolute Gasteiger partial charge is 0.392 e. The van der Waals surface area contributed by atoms with Crippen LogP contribution in [0.5, 0.6) is 0 Å². The summed E-state index contributed by atoms with van der Waals surface area (Å²) in [6.07, 6.45) is 5.60. The third-order valence-corrected chi connectivity index (χ3v) is 10.5. The van der Waals surface area contributed by atoms with Crippen LogP contribution in [0, 0.1) is 11.3 Å². The summed E-state index contributed by atoms with van der Waals surface area (Å²) in [6, 6.07) is 18.7. The second-order valence-electron chi connectivity index (χ2n) is 11.3. The number of piperidine rings is 1.